The van der Waals surface area contributed by atoms with Crippen LogP contribution in [-0.2, 0) is 11.3 Å². The number of carbonyl (C=O) groups is 2. The van der Waals surface area contributed by atoms with Crippen molar-refractivity contribution >= 4 is 40.4 Å². The van der Waals surface area contributed by atoms with Crippen LogP contribution in [0.1, 0.15) is 28.6 Å². The Morgan fingerprint density at radius 3 is 2.78 bits per heavy atom. The van der Waals surface area contributed by atoms with Crippen LogP contribution in [0.3, 0.4) is 0 Å². The molecule has 0 bridgehead atoms. The van der Waals surface area contributed by atoms with E-state index in [4.69, 9.17) is 11.6 Å². The molecule has 0 aliphatic heterocycles. The molecule has 0 saturated heterocycles. The molecule has 4 nitrogen and oxygen atoms in total. The maximum absolute atomic E-state index is 12.3. The number of hydrogen-bond donors (Lipinski definition) is 2. The molecule has 1 aromatic heterocycles. The molecule has 1 fully saturated rings. The molecule has 1 aliphatic carbocycles. The van der Waals surface area contributed by atoms with Crippen molar-refractivity contribution in [3.05, 3.63) is 51.2 Å². The normalized spacial score (nSPS) is 19.2. The minimum absolute atomic E-state index is 0.00441. The Hall–Kier alpha value is -1.85. The zero-order valence-electron chi connectivity index (χ0n) is 12.6. The van der Waals surface area contributed by atoms with Gasteiger partial charge < -0.3 is 10.6 Å². The van der Waals surface area contributed by atoms with E-state index in [2.05, 4.69) is 17.6 Å². The Kier molecular flexibility index (Phi) is 4.68. The lowest BCUT2D eigenvalue weighted by Crippen LogP contribution is -2.23. The number of carbonyl (C=O) groups excluding carboxylic acids is 2. The maximum atomic E-state index is 12.3. The molecule has 1 heterocycles. The first-order valence-electron chi connectivity index (χ1n) is 7.45. The van der Waals surface area contributed by atoms with Gasteiger partial charge in [0.15, 0.2) is 0 Å². The summed E-state index contributed by atoms with van der Waals surface area (Å²) in [5, 5.41) is 8.02. The molecule has 2 N–H and O–H groups in total. The lowest BCUT2D eigenvalue weighted by molar-refractivity contribution is -0.117. The fourth-order valence-corrected chi connectivity index (χ4v) is 3.22. The molecule has 1 saturated carbocycles. The van der Waals surface area contributed by atoms with Gasteiger partial charge in [0.25, 0.3) is 5.91 Å². The largest absolute Gasteiger partial charge is 0.347 e. The number of benzene rings is 1. The molecule has 1 aromatic carbocycles. The fraction of sp³-hybridized carbons (Fsp3) is 0.294. The molecule has 6 heteroatoms. The number of amides is 2. The highest BCUT2D eigenvalue weighted by Gasteiger charge is 2.39. The van der Waals surface area contributed by atoms with Crippen LogP contribution in [0.5, 0.6) is 0 Å². The lowest BCUT2D eigenvalue weighted by atomic mass is 10.1. The number of rotatable bonds is 5. The molecule has 1 aliphatic rings. The van der Waals surface area contributed by atoms with E-state index >= 15 is 0 Å². The van der Waals surface area contributed by atoms with Gasteiger partial charge in [-0.05, 0) is 42.0 Å². The molecule has 0 radical (unpaired) electrons. The zero-order chi connectivity index (χ0) is 16.4. The van der Waals surface area contributed by atoms with Gasteiger partial charge >= 0.3 is 0 Å². The number of anilines is 1. The second-order valence-electron chi connectivity index (χ2n) is 5.77. The summed E-state index contributed by atoms with van der Waals surface area (Å²) in [6, 6.07) is 8.86. The lowest BCUT2D eigenvalue weighted by Gasteiger charge is -2.09. The summed E-state index contributed by atoms with van der Waals surface area (Å²) in [5.74, 6) is 0.279. The third-order valence-corrected chi connectivity index (χ3v) is 5.13. The minimum Gasteiger partial charge on any atom is -0.347 e. The third-order valence-electron chi connectivity index (χ3n) is 3.93. The summed E-state index contributed by atoms with van der Waals surface area (Å²) in [6.07, 6.45) is 0.924. The van der Waals surface area contributed by atoms with Crippen LogP contribution in [-0.4, -0.2) is 11.8 Å². The van der Waals surface area contributed by atoms with Crippen LogP contribution >= 0.6 is 22.9 Å². The van der Waals surface area contributed by atoms with Gasteiger partial charge in [-0.2, -0.15) is 0 Å². The topological polar surface area (TPSA) is 58.2 Å². The summed E-state index contributed by atoms with van der Waals surface area (Å²) in [4.78, 5) is 25.4. The molecule has 120 valence electrons. The van der Waals surface area contributed by atoms with Crippen LogP contribution in [0, 0.1) is 11.8 Å². The van der Waals surface area contributed by atoms with Gasteiger partial charge in [0.05, 0.1) is 17.1 Å². The summed E-state index contributed by atoms with van der Waals surface area (Å²) in [5.41, 5.74) is 0.963. The zero-order valence-corrected chi connectivity index (χ0v) is 14.2. The van der Waals surface area contributed by atoms with E-state index < -0.39 is 0 Å². The van der Waals surface area contributed by atoms with E-state index in [1.165, 1.54) is 0 Å². The van der Waals surface area contributed by atoms with E-state index in [0.717, 1.165) is 11.3 Å². The van der Waals surface area contributed by atoms with E-state index in [0.29, 0.717) is 28.7 Å². The molecule has 0 spiro atoms. The summed E-state index contributed by atoms with van der Waals surface area (Å²) in [6.45, 7) is 2.51. The van der Waals surface area contributed by atoms with Crippen LogP contribution < -0.4 is 10.6 Å². The highest BCUT2D eigenvalue weighted by molar-refractivity contribution is 7.09. The highest BCUT2D eigenvalue weighted by Crippen LogP contribution is 2.38. The summed E-state index contributed by atoms with van der Waals surface area (Å²) in [7, 11) is 0. The van der Waals surface area contributed by atoms with Gasteiger partial charge in [-0.25, -0.2) is 0 Å². The SMILES string of the molecule is C[C@H]1C[C@H]1C(=O)Nc1ccc(Cl)c(C(=O)NCc2cccs2)c1. The van der Waals surface area contributed by atoms with Crippen molar-refractivity contribution < 1.29 is 9.59 Å². The first-order chi connectivity index (χ1) is 11.0. The maximum Gasteiger partial charge on any atom is 0.253 e. The van der Waals surface area contributed by atoms with Crippen molar-refractivity contribution in [3.63, 3.8) is 0 Å². The Labute approximate surface area is 143 Å². The fourth-order valence-electron chi connectivity index (χ4n) is 2.38. The van der Waals surface area contributed by atoms with Crippen molar-refractivity contribution in [1.29, 1.82) is 0 Å². The third kappa shape index (κ3) is 3.92. The van der Waals surface area contributed by atoms with Crippen LogP contribution in [0.2, 0.25) is 5.02 Å². The van der Waals surface area contributed by atoms with Gasteiger partial charge in [-0.15, -0.1) is 11.3 Å². The molecule has 2 amide bonds. The Morgan fingerprint density at radius 1 is 1.35 bits per heavy atom. The number of nitrogens with one attached hydrogen (secondary N) is 2. The second-order valence-corrected chi connectivity index (χ2v) is 7.20. The smallest absolute Gasteiger partial charge is 0.253 e. The van der Waals surface area contributed by atoms with Crippen molar-refractivity contribution in [3.8, 4) is 0 Å². The predicted octanol–water partition coefficient (Wildman–Crippen LogP) is 3.93. The van der Waals surface area contributed by atoms with Crippen molar-refractivity contribution in [1.82, 2.24) is 5.32 Å². The van der Waals surface area contributed by atoms with Crippen LogP contribution in [0.25, 0.3) is 0 Å². The molecular weight excluding hydrogens is 332 g/mol. The number of halogens is 1. The van der Waals surface area contributed by atoms with Gasteiger partial charge in [0.1, 0.15) is 0 Å². The monoisotopic (exact) mass is 348 g/mol. The second kappa shape index (κ2) is 6.72. The van der Waals surface area contributed by atoms with Crippen molar-refractivity contribution in [2.75, 3.05) is 5.32 Å². The average molecular weight is 349 g/mol. The van der Waals surface area contributed by atoms with Gasteiger partial charge in [-0.1, -0.05) is 24.6 Å². The van der Waals surface area contributed by atoms with Crippen LogP contribution in [0.4, 0.5) is 5.69 Å². The molecule has 3 rings (SSSR count). The predicted molar refractivity (Wildman–Crippen MR) is 92.8 cm³/mol. The molecule has 2 aromatic rings. The Bertz CT molecular complexity index is 730. The molecule has 2 atom stereocenters. The molecular formula is C17H17ClN2O2S. The number of thiophene rings is 1. The van der Waals surface area contributed by atoms with Gasteiger partial charge in [0, 0.05) is 16.5 Å². The molecule has 0 unspecified atom stereocenters. The minimum atomic E-state index is -0.251. The first-order valence-corrected chi connectivity index (χ1v) is 8.71. The van der Waals surface area contributed by atoms with E-state index in [9.17, 15) is 9.59 Å². The summed E-state index contributed by atoms with van der Waals surface area (Å²) >= 11 is 7.70. The standard InChI is InChI=1S/C17H17ClN2O2S/c1-10-7-13(10)17(22)20-11-4-5-15(18)14(8-11)16(21)19-9-12-3-2-6-23-12/h2-6,8,10,13H,7,9H2,1H3,(H,19,21)(H,20,22)/t10-,13+/m0/s1. The van der Waals surface area contributed by atoms with E-state index in [1.807, 2.05) is 17.5 Å². The summed E-state index contributed by atoms with van der Waals surface area (Å²) < 4.78 is 0. The van der Waals surface area contributed by atoms with E-state index in [1.54, 1.807) is 29.5 Å². The molecule has 23 heavy (non-hydrogen) atoms. The van der Waals surface area contributed by atoms with Gasteiger partial charge in [0.2, 0.25) is 5.91 Å². The van der Waals surface area contributed by atoms with Gasteiger partial charge in [-0.3, -0.25) is 9.59 Å². The average Bonchev–Trinajstić information content (AvgIpc) is 3.05. The quantitative estimate of drug-likeness (QED) is 0.860. The Morgan fingerprint density at radius 2 is 2.13 bits per heavy atom. The van der Waals surface area contributed by atoms with Crippen LogP contribution in [0.15, 0.2) is 35.7 Å². The van der Waals surface area contributed by atoms with Crippen molar-refractivity contribution in [2.24, 2.45) is 11.8 Å². The van der Waals surface area contributed by atoms with Crippen molar-refractivity contribution in [2.45, 2.75) is 19.9 Å². The Balaban J connectivity index is 1.67. The first kappa shape index (κ1) is 16.0. The number of hydrogen-bond acceptors (Lipinski definition) is 3. The van der Waals surface area contributed by atoms with E-state index in [-0.39, 0.29) is 17.7 Å². The highest BCUT2D eigenvalue weighted by atomic mass is 35.5.